The summed E-state index contributed by atoms with van der Waals surface area (Å²) in [5, 5.41) is 3.31. The Labute approximate surface area is 194 Å². The number of ether oxygens (including phenoxy) is 1. The van der Waals surface area contributed by atoms with Crippen molar-refractivity contribution < 1.29 is 23.9 Å². The predicted molar refractivity (Wildman–Crippen MR) is 119 cm³/mol. The maximum atomic E-state index is 13.9. The van der Waals surface area contributed by atoms with E-state index in [0.29, 0.717) is 34.3 Å². The number of benzene rings is 2. The molecule has 0 unspecified atom stereocenters. The third kappa shape index (κ3) is 2.50. The molecule has 0 saturated carbocycles. The number of rotatable bonds is 2. The number of esters is 1. The van der Waals surface area contributed by atoms with E-state index < -0.39 is 29.3 Å². The van der Waals surface area contributed by atoms with Gasteiger partial charge >= 0.3 is 5.97 Å². The molecule has 33 heavy (non-hydrogen) atoms. The summed E-state index contributed by atoms with van der Waals surface area (Å²) < 4.78 is 5.06. The molecule has 2 aromatic rings. The highest BCUT2D eigenvalue weighted by Crippen LogP contribution is 2.61. The van der Waals surface area contributed by atoms with Crippen molar-refractivity contribution in [3.63, 3.8) is 0 Å². The van der Waals surface area contributed by atoms with Crippen LogP contribution in [0.15, 0.2) is 42.5 Å². The average Bonchev–Trinajstić information content (AvgIpc) is 3.48. The van der Waals surface area contributed by atoms with Gasteiger partial charge in [-0.15, -0.1) is 0 Å². The van der Waals surface area contributed by atoms with Crippen molar-refractivity contribution in [2.75, 3.05) is 16.8 Å². The second-order valence-electron chi connectivity index (χ2n) is 8.89. The Morgan fingerprint density at radius 1 is 1.12 bits per heavy atom. The number of anilines is 2. The number of imide groups is 1. The van der Waals surface area contributed by atoms with Crippen LogP contribution in [0, 0.1) is 11.8 Å². The summed E-state index contributed by atoms with van der Waals surface area (Å²) in [4.78, 5) is 55.6. The van der Waals surface area contributed by atoms with Gasteiger partial charge in [-0.25, -0.2) is 4.90 Å². The van der Waals surface area contributed by atoms with E-state index in [1.165, 1.54) is 11.8 Å². The number of nitrogens with zero attached hydrogens (tertiary/aromatic N) is 2. The first-order valence-corrected chi connectivity index (χ1v) is 11.3. The van der Waals surface area contributed by atoms with Crippen molar-refractivity contribution in [2.24, 2.45) is 11.8 Å². The molecule has 6 rings (SSSR count). The molecule has 4 atom stereocenters. The molecule has 4 heterocycles. The molecule has 168 valence electrons. The number of nitrogens with one attached hydrogen (secondary N) is 1. The highest BCUT2D eigenvalue weighted by atomic mass is 35.5. The zero-order valence-electron chi connectivity index (χ0n) is 17.7. The van der Waals surface area contributed by atoms with Crippen LogP contribution in [-0.4, -0.2) is 41.2 Å². The Bertz CT molecular complexity index is 1250. The van der Waals surface area contributed by atoms with Crippen LogP contribution >= 0.6 is 11.6 Å². The van der Waals surface area contributed by atoms with Crippen LogP contribution in [0.5, 0.6) is 5.75 Å². The Morgan fingerprint density at radius 3 is 2.61 bits per heavy atom. The Kier molecular flexibility index (Phi) is 4.25. The number of fused-ring (bicyclic) bond motifs is 7. The van der Waals surface area contributed by atoms with Crippen LogP contribution in [0.3, 0.4) is 0 Å². The molecule has 3 saturated heterocycles. The third-order valence-electron chi connectivity index (χ3n) is 7.33. The lowest BCUT2D eigenvalue weighted by Gasteiger charge is -2.36. The van der Waals surface area contributed by atoms with Gasteiger partial charge < -0.3 is 10.1 Å². The first kappa shape index (κ1) is 20.4. The van der Waals surface area contributed by atoms with E-state index in [1.54, 1.807) is 36.4 Å². The first-order valence-electron chi connectivity index (χ1n) is 10.9. The Morgan fingerprint density at radius 2 is 1.88 bits per heavy atom. The molecule has 8 nitrogen and oxygen atoms in total. The normalized spacial score (nSPS) is 29.9. The van der Waals surface area contributed by atoms with Gasteiger partial charge in [0, 0.05) is 18.5 Å². The van der Waals surface area contributed by atoms with Crippen molar-refractivity contribution in [2.45, 2.75) is 31.3 Å². The van der Waals surface area contributed by atoms with Gasteiger partial charge in [0.1, 0.15) is 11.3 Å². The van der Waals surface area contributed by atoms with E-state index in [-0.39, 0.29) is 17.9 Å². The lowest BCUT2D eigenvalue weighted by atomic mass is 9.75. The molecule has 4 aliphatic heterocycles. The number of para-hydroxylation sites is 1. The van der Waals surface area contributed by atoms with Gasteiger partial charge in [0.2, 0.25) is 11.8 Å². The highest BCUT2D eigenvalue weighted by Gasteiger charge is 2.74. The molecule has 1 spiro atoms. The maximum absolute atomic E-state index is 13.9. The largest absolute Gasteiger partial charge is 0.427 e. The monoisotopic (exact) mass is 465 g/mol. The predicted octanol–water partition coefficient (Wildman–Crippen LogP) is 2.70. The molecular formula is C24H20ClN3O5. The molecule has 3 amide bonds. The van der Waals surface area contributed by atoms with Crippen molar-refractivity contribution in [3.05, 3.63) is 53.1 Å². The minimum atomic E-state index is -1.26. The second-order valence-corrected chi connectivity index (χ2v) is 9.30. The fourth-order valence-electron chi connectivity index (χ4n) is 6.28. The molecule has 0 radical (unpaired) electrons. The summed E-state index contributed by atoms with van der Waals surface area (Å²) in [6, 6.07) is 11.3. The molecule has 9 heteroatoms. The minimum Gasteiger partial charge on any atom is -0.427 e. The molecule has 1 N–H and O–H groups in total. The summed E-state index contributed by atoms with van der Waals surface area (Å²) in [5.41, 5.74) is 0.304. The van der Waals surface area contributed by atoms with E-state index >= 15 is 0 Å². The second kappa shape index (κ2) is 6.88. The summed E-state index contributed by atoms with van der Waals surface area (Å²) in [6.07, 6.45) is 1.59. The van der Waals surface area contributed by atoms with Crippen LogP contribution in [0.1, 0.15) is 25.3 Å². The summed E-state index contributed by atoms with van der Waals surface area (Å²) in [5.74, 6) is -2.61. The van der Waals surface area contributed by atoms with Crippen LogP contribution in [0.4, 0.5) is 11.4 Å². The first-order chi connectivity index (χ1) is 15.9. The smallest absolute Gasteiger partial charge is 0.308 e. The van der Waals surface area contributed by atoms with Crippen molar-refractivity contribution in [3.8, 4) is 5.75 Å². The van der Waals surface area contributed by atoms with Crippen LogP contribution in [0.2, 0.25) is 5.02 Å². The average molecular weight is 466 g/mol. The molecule has 0 aromatic heterocycles. The number of carbonyl (C=O) groups excluding carboxylic acids is 4. The number of amides is 3. The Hall–Kier alpha value is -3.23. The summed E-state index contributed by atoms with van der Waals surface area (Å²) in [6.45, 7) is 1.93. The van der Waals surface area contributed by atoms with Crippen molar-refractivity contribution in [1.29, 1.82) is 0 Å². The van der Waals surface area contributed by atoms with E-state index in [9.17, 15) is 19.2 Å². The van der Waals surface area contributed by atoms with Crippen molar-refractivity contribution in [1.82, 2.24) is 4.90 Å². The molecule has 3 fully saturated rings. The fourth-order valence-corrected chi connectivity index (χ4v) is 6.50. The number of hydrogen-bond donors (Lipinski definition) is 1. The van der Waals surface area contributed by atoms with E-state index in [4.69, 9.17) is 16.3 Å². The van der Waals surface area contributed by atoms with Gasteiger partial charge in [-0.2, -0.15) is 0 Å². The lowest BCUT2D eigenvalue weighted by Crippen LogP contribution is -2.54. The maximum Gasteiger partial charge on any atom is 0.308 e. The van der Waals surface area contributed by atoms with Gasteiger partial charge in [-0.05, 0) is 49.7 Å². The van der Waals surface area contributed by atoms with Gasteiger partial charge in [-0.3, -0.25) is 24.1 Å². The zero-order chi connectivity index (χ0) is 23.1. The Balaban J connectivity index is 1.47. The summed E-state index contributed by atoms with van der Waals surface area (Å²) >= 11 is 6.39. The minimum absolute atomic E-state index is 0.201. The molecule has 0 bridgehead atoms. The van der Waals surface area contributed by atoms with Crippen molar-refractivity contribution >= 4 is 46.7 Å². The standard InChI is InChI=1S/C24H20ClN3O5/c1-12(29)33-14-9-7-13(8-10-14)28-21(30)18-17-6-3-11-27(17)24(19(18)22(28)31)15-4-2-5-16(25)20(15)26-23(24)32/h2,4-5,7-10,17-19H,3,6,11H2,1H3,(H,26,32)/t17-,18+,19-,24-/m0/s1. The molecular weight excluding hydrogens is 446 g/mol. The SMILES string of the molecule is CC(=O)Oc1ccc(N2C(=O)[C@H]3[C@@H](C2=O)[C@@]2(C(=O)Nc4c(Cl)cccc42)N2CCC[C@@H]32)cc1. The summed E-state index contributed by atoms with van der Waals surface area (Å²) in [7, 11) is 0. The van der Waals surface area contributed by atoms with E-state index in [0.717, 1.165) is 12.8 Å². The van der Waals surface area contributed by atoms with Gasteiger partial charge in [0.25, 0.3) is 5.91 Å². The number of carbonyl (C=O) groups is 4. The van der Waals surface area contributed by atoms with E-state index in [1.807, 2.05) is 6.07 Å². The van der Waals surface area contributed by atoms with Crippen LogP contribution in [-0.2, 0) is 24.7 Å². The fraction of sp³-hybridized carbons (Fsp3) is 0.333. The van der Waals surface area contributed by atoms with Crippen LogP contribution < -0.4 is 15.0 Å². The molecule has 2 aromatic carbocycles. The zero-order valence-corrected chi connectivity index (χ0v) is 18.5. The lowest BCUT2D eigenvalue weighted by molar-refractivity contribution is -0.135. The van der Waals surface area contributed by atoms with E-state index in [2.05, 4.69) is 10.2 Å². The number of halogens is 1. The molecule has 4 aliphatic rings. The third-order valence-corrected chi connectivity index (χ3v) is 7.65. The van der Waals surface area contributed by atoms with Gasteiger partial charge in [0.05, 0.1) is 28.2 Å². The molecule has 0 aliphatic carbocycles. The van der Waals surface area contributed by atoms with Gasteiger partial charge in [-0.1, -0.05) is 23.7 Å². The number of hydrogen-bond acceptors (Lipinski definition) is 6. The van der Waals surface area contributed by atoms with Gasteiger partial charge in [0.15, 0.2) is 0 Å². The quantitative estimate of drug-likeness (QED) is 0.416. The van der Waals surface area contributed by atoms with Crippen LogP contribution in [0.25, 0.3) is 0 Å². The topological polar surface area (TPSA) is 96.0 Å². The highest BCUT2D eigenvalue weighted by molar-refractivity contribution is 6.35.